The van der Waals surface area contributed by atoms with Gasteiger partial charge < -0.3 is 4.74 Å². The molecule has 4 atom stereocenters. The summed E-state index contributed by atoms with van der Waals surface area (Å²) < 4.78 is 6.31. The van der Waals surface area contributed by atoms with Gasteiger partial charge in [-0.05, 0) is 30.6 Å². The van der Waals surface area contributed by atoms with Gasteiger partial charge in [0.15, 0.2) is 0 Å². The molecule has 0 N–H and O–H groups in total. The number of rotatable bonds is 2. The lowest BCUT2D eigenvalue weighted by Gasteiger charge is -2.44. The summed E-state index contributed by atoms with van der Waals surface area (Å²) in [6.45, 7) is 7.02. The predicted octanol–water partition coefficient (Wildman–Crippen LogP) is 4.15. The van der Waals surface area contributed by atoms with Crippen molar-refractivity contribution in [3.05, 3.63) is 0 Å². The van der Waals surface area contributed by atoms with Crippen molar-refractivity contribution >= 4 is 23.4 Å². The third-order valence-electron chi connectivity index (χ3n) is 4.02. The Hall–Kier alpha value is 0.600. The van der Waals surface area contributed by atoms with Crippen LogP contribution in [0.2, 0.25) is 0 Å². The Morgan fingerprint density at radius 3 is 2.75 bits per heavy atom. The zero-order valence-electron chi connectivity index (χ0n) is 10.5. The van der Waals surface area contributed by atoms with E-state index in [0.717, 1.165) is 11.7 Å². The molecule has 1 aliphatic heterocycles. The Balaban J connectivity index is 2.13. The number of halogens is 1. The summed E-state index contributed by atoms with van der Waals surface area (Å²) in [6.07, 6.45) is 4.17. The summed E-state index contributed by atoms with van der Waals surface area (Å²) in [7, 11) is 0. The molecule has 1 aliphatic carbocycles. The molecular weight excluding hydrogens is 240 g/mol. The van der Waals surface area contributed by atoms with Crippen LogP contribution in [0.3, 0.4) is 0 Å². The second-order valence-corrected chi connectivity index (χ2v) is 7.38. The molecule has 2 rings (SSSR count). The Morgan fingerprint density at radius 2 is 2.19 bits per heavy atom. The van der Waals surface area contributed by atoms with Crippen molar-refractivity contribution in [1.29, 1.82) is 0 Å². The summed E-state index contributed by atoms with van der Waals surface area (Å²) >= 11 is 7.97. The van der Waals surface area contributed by atoms with Crippen LogP contribution in [0.15, 0.2) is 0 Å². The molecule has 0 aromatic carbocycles. The van der Waals surface area contributed by atoms with E-state index >= 15 is 0 Å². The molecule has 0 unspecified atom stereocenters. The first kappa shape index (κ1) is 13.0. The van der Waals surface area contributed by atoms with Gasteiger partial charge in [-0.25, -0.2) is 0 Å². The topological polar surface area (TPSA) is 9.23 Å². The van der Waals surface area contributed by atoms with Crippen LogP contribution in [-0.4, -0.2) is 22.7 Å². The van der Waals surface area contributed by atoms with E-state index in [1.54, 1.807) is 0 Å². The molecule has 1 heterocycles. The molecule has 16 heavy (non-hydrogen) atoms. The van der Waals surface area contributed by atoms with E-state index < -0.39 is 0 Å². The fourth-order valence-corrected chi connectivity index (χ4v) is 5.39. The first-order chi connectivity index (χ1) is 7.57. The van der Waals surface area contributed by atoms with Crippen LogP contribution in [0.4, 0.5) is 0 Å². The quantitative estimate of drug-likeness (QED) is 0.692. The third kappa shape index (κ3) is 2.39. The van der Waals surface area contributed by atoms with Gasteiger partial charge in [0.2, 0.25) is 0 Å². The van der Waals surface area contributed by atoms with Crippen molar-refractivity contribution in [2.45, 2.75) is 51.1 Å². The first-order valence-corrected chi connectivity index (χ1v) is 7.97. The van der Waals surface area contributed by atoms with E-state index in [4.69, 9.17) is 16.3 Å². The van der Waals surface area contributed by atoms with E-state index in [2.05, 4.69) is 20.8 Å². The van der Waals surface area contributed by atoms with Crippen molar-refractivity contribution in [3.63, 3.8) is 0 Å². The standard InChI is InChI=1S/C13H23ClOS/c1-9(2)12-5-4-10(3)6-13(12)15-11(7-14)8-16-13/h9-12H,4-8H2,1-3H3/t10-,11+,12+,13-/m0/s1. The number of hydrogen-bond donors (Lipinski definition) is 0. The second-order valence-electron chi connectivity index (χ2n) is 5.75. The van der Waals surface area contributed by atoms with Crippen LogP contribution in [-0.2, 0) is 4.74 Å². The van der Waals surface area contributed by atoms with Gasteiger partial charge in [0, 0.05) is 11.6 Å². The molecule has 0 amide bonds. The van der Waals surface area contributed by atoms with Crippen LogP contribution in [0.5, 0.6) is 0 Å². The lowest BCUT2D eigenvalue weighted by molar-refractivity contribution is -0.0772. The maximum atomic E-state index is 6.31. The molecule has 94 valence electrons. The lowest BCUT2D eigenvalue weighted by atomic mass is 9.75. The highest BCUT2D eigenvalue weighted by Gasteiger charge is 2.50. The average molecular weight is 263 g/mol. The zero-order chi connectivity index (χ0) is 11.8. The molecule has 0 aromatic heterocycles. The SMILES string of the molecule is CC(C)[C@H]1CC[C@H](C)C[C@@]12O[C@H](CCl)CS2. The number of alkyl halides is 1. The number of thioether (sulfide) groups is 1. The maximum absolute atomic E-state index is 6.31. The lowest BCUT2D eigenvalue weighted by Crippen LogP contribution is -2.43. The molecule has 2 aliphatic rings. The second kappa shape index (κ2) is 5.07. The smallest absolute Gasteiger partial charge is 0.117 e. The van der Waals surface area contributed by atoms with E-state index in [-0.39, 0.29) is 11.0 Å². The van der Waals surface area contributed by atoms with Gasteiger partial charge in [0.05, 0.1) is 6.10 Å². The van der Waals surface area contributed by atoms with E-state index in [1.165, 1.54) is 19.3 Å². The Morgan fingerprint density at radius 1 is 1.44 bits per heavy atom. The van der Waals surface area contributed by atoms with Gasteiger partial charge in [0.25, 0.3) is 0 Å². The maximum Gasteiger partial charge on any atom is 0.117 e. The largest absolute Gasteiger partial charge is 0.359 e. The van der Waals surface area contributed by atoms with Crippen molar-refractivity contribution in [2.75, 3.05) is 11.6 Å². The predicted molar refractivity (Wildman–Crippen MR) is 72.1 cm³/mol. The highest BCUT2D eigenvalue weighted by atomic mass is 35.5. The molecule has 2 fully saturated rings. The number of ether oxygens (including phenoxy) is 1. The van der Waals surface area contributed by atoms with Gasteiger partial charge in [-0.1, -0.05) is 27.2 Å². The molecule has 1 spiro atoms. The molecule has 0 bridgehead atoms. The summed E-state index contributed by atoms with van der Waals surface area (Å²) in [5.74, 6) is 3.96. The highest BCUT2D eigenvalue weighted by Crippen LogP contribution is 2.53. The minimum atomic E-state index is 0.0887. The summed E-state index contributed by atoms with van der Waals surface area (Å²) in [5.41, 5.74) is 0. The molecule has 0 radical (unpaired) electrons. The van der Waals surface area contributed by atoms with Gasteiger partial charge in [-0.15, -0.1) is 23.4 Å². The highest BCUT2D eigenvalue weighted by molar-refractivity contribution is 8.00. The van der Waals surface area contributed by atoms with Crippen LogP contribution in [0.25, 0.3) is 0 Å². The Labute approximate surface area is 109 Å². The molecule has 3 heteroatoms. The normalized spacial score (nSPS) is 44.4. The van der Waals surface area contributed by atoms with Crippen molar-refractivity contribution in [3.8, 4) is 0 Å². The summed E-state index contributed by atoms with van der Waals surface area (Å²) in [4.78, 5) is 0.0887. The van der Waals surface area contributed by atoms with Crippen LogP contribution >= 0.6 is 23.4 Å². The van der Waals surface area contributed by atoms with Crippen molar-refractivity contribution in [1.82, 2.24) is 0 Å². The summed E-state index contributed by atoms with van der Waals surface area (Å²) in [6, 6.07) is 0. The fourth-order valence-electron chi connectivity index (χ4n) is 3.23. The minimum Gasteiger partial charge on any atom is -0.359 e. The average Bonchev–Trinajstić information content (AvgIpc) is 2.61. The minimum absolute atomic E-state index is 0.0887. The summed E-state index contributed by atoms with van der Waals surface area (Å²) in [5, 5.41) is 0. The van der Waals surface area contributed by atoms with E-state index in [9.17, 15) is 0 Å². The molecule has 1 nitrogen and oxygen atoms in total. The third-order valence-corrected chi connectivity index (χ3v) is 5.96. The number of hydrogen-bond acceptors (Lipinski definition) is 2. The molecule has 1 saturated heterocycles. The van der Waals surface area contributed by atoms with Gasteiger partial charge >= 0.3 is 0 Å². The van der Waals surface area contributed by atoms with Crippen molar-refractivity contribution < 1.29 is 4.74 Å². The van der Waals surface area contributed by atoms with Gasteiger partial charge in [-0.2, -0.15) is 0 Å². The van der Waals surface area contributed by atoms with Crippen LogP contribution in [0.1, 0.15) is 40.0 Å². The van der Waals surface area contributed by atoms with Crippen molar-refractivity contribution in [2.24, 2.45) is 17.8 Å². The van der Waals surface area contributed by atoms with E-state index in [0.29, 0.717) is 17.7 Å². The zero-order valence-corrected chi connectivity index (χ0v) is 12.1. The Kier molecular flexibility index (Phi) is 4.14. The van der Waals surface area contributed by atoms with E-state index in [1.807, 2.05) is 11.8 Å². The Bertz CT molecular complexity index is 246. The van der Waals surface area contributed by atoms with Crippen LogP contribution in [0, 0.1) is 17.8 Å². The fraction of sp³-hybridized carbons (Fsp3) is 1.00. The van der Waals surface area contributed by atoms with Gasteiger partial charge in [0.1, 0.15) is 4.93 Å². The molecule has 0 aromatic rings. The molecule has 1 saturated carbocycles. The molecular formula is C13H23ClOS. The van der Waals surface area contributed by atoms with Gasteiger partial charge in [-0.3, -0.25) is 0 Å². The monoisotopic (exact) mass is 262 g/mol. The first-order valence-electron chi connectivity index (χ1n) is 6.45. The van der Waals surface area contributed by atoms with Crippen LogP contribution < -0.4 is 0 Å².